The highest BCUT2D eigenvalue weighted by Gasteiger charge is 2.24. The monoisotopic (exact) mass is 317 g/mol. The maximum Gasteiger partial charge on any atom is 0.272 e. The topological polar surface area (TPSA) is 62.7 Å². The summed E-state index contributed by atoms with van der Waals surface area (Å²) in [5.41, 5.74) is 0.696. The van der Waals surface area contributed by atoms with Gasteiger partial charge in [0, 0.05) is 26.2 Å². The summed E-state index contributed by atoms with van der Waals surface area (Å²) in [5.74, 6) is 0.463. The summed E-state index contributed by atoms with van der Waals surface area (Å²) in [7, 11) is 0. The third-order valence-electron chi connectivity index (χ3n) is 4.56. The fourth-order valence-corrected chi connectivity index (χ4v) is 2.98. The number of carbonyl (C=O) groups is 2. The molecule has 0 bridgehead atoms. The van der Waals surface area contributed by atoms with Crippen LogP contribution in [0.25, 0.3) is 0 Å². The minimum atomic E-state index is -0.129. The molecule has 124 valence electrons. The van der Waals surface area contributed by atoms with Crippen LogP contribution >= 0.6 is 0 Å². The molecular formula is C17H23N3O3. The van der Waals surface area contributed by atoms with Gasteiger partial charge in [-0.25, -0.2) is 4.98 Å². The van der Waals surface area contributed by atoms with Gasteiger partial charge in [0.15, 0.2) is 0 Å². The molecule has 0 aliphatic carbocycles. The van der Waals surface area contributed by atoms with Crippen LogP contribution in [0.15, 0.2) is 18.2 Å². The van der Waals surface area contributed by atoms with Crippen LogP contribution in [0.1, 0.15) is 40.7 Å². The number of rotatable bonds is 2. The molecule has 0 spiro atoms. The van der Waals surface area contributed by atoms with Crippen molar-refractivity contribution in [2.24, 2.45) is 5.92 Å². The molecule has 1 aromatic heterocycles. The molecule has 3 heterocycles. The van der Waals surface area contributed by atoms with Crippen LogP contribution in [0.2, 0.25) is 0 Å². The molecule has 6 nitrogen and oxygen atoms in total. The highest BCUT2D eigenvalue weighted by Crippen LogP contribution is 2.18. The lowest BCUT2D eigenvalue weighted by molar-refractivity contribution is 0.0299. The summed E-state index contributed by atoms with van der Waals surface area (Å²) in [6.07, 6.45) is 2.05. The highest BCUT2D eigenvalue weighted by molar-refractivity contribution is 5.96. The molecular weight excluding hydrogens is 294 g/mol. The molecule has 0 unspecified atom stereocenters. The number of piperidine rings is 1. The number of pyridine rings is 1. The van der Waals surface area contributed by atoms with Crippen LogP contribution in [-0.4, -0.2) is 66.0 Å². The van der Waals surface area contributed by atoms with E-state index in [0.717, 1.165) is 25.9 Å². The van der Waals surface area contributed by atoms with Crippen LogP contribution in [0.4, 0.5) is 0 Å². The Hall–Kier alpha value is -1.95. The molecule has 0 N–H and O–H groups in total. The van der Waals surface area contributed by atoms with Gasteiger partial charge in [0.1, 0.15) is 11.4 Å². The molecule has 23 heavy (non-hydrogen) atoms. The van der Waals surface area contributed by atoms with E-state index in [1.165, 1.54) is 0 Å². The van der Waals surface area contributed by atoms with Gasteiger partial charge in [-0.1, -0.05) is 13.0 Å². The first-order valence-corrected chi connectivity index (χ1v) is 8.28. The Kier molecular flexibility index (Phi) is 4.91. The van der Waals surface area contributed by atoms with E-state index in [1.54, 1.807) is 23.1 Å². The Labute approximate surface area is 136 Å². The van der Waals surface area contributed by atoms with Crippen molar-refractivity contribution in [3.8, 4) is 0 Å². The second-order valence-electron chi connectivity index (χ2n) is 6.29. The number of carbonyl (C=O) groups excluding carboxylic acids is 2. The van der Waals surface area contributed by atoms with Gasteiger partial charge in [-0.05, 0) is 30.9 Å². The van der Waals surface area contributed by atoms with E-state index in [2.05, 4.69) is 11.9 Å². The van der Waals surface area contributed by atoms with Gasteiger partial charge in [-0.3, -0.25) is 9.59 Å². The summed E-state index contributed by atoms with van der Waals surface area (Å²) < 4.78 is 5.26. The molecule has 2 amide bonds. The number of likely N-dealkylation sites (tertiary alicyclic amines) is 1. The fourth-order valence-electron chi connectivity index (χ4n) is 2.98. The molecule has 0 atom stereocenters. The van der Waals surface area contributed by atoms with Crippen molar-refractivity contribution in [2.45, 2.75) is 19.8 Å². The minimum Gasteiger partial charge on any atom is -0.378 e. The Bertz CT molecular complexity index is 576. The molecule has 1 aromatic rings. The predicted octanol–water partition coefficient (Wildman–Crippen LogP) is 1.43. The normalized spacial score (nSPS) is 19.7. The van der Waals surface area contributed by atoms with Gasteiger partial charge in [0.2, 0.25) is 0 Å². The van der Waals surface area contributed by atoms with Crippen molar-refractivity contribution in [3.63, 3.8) is 0 Å². The lowest BCUT2D eigenvalue weighted by Crippen LogP contribution is -2.41. The first-order chi connectivity index (χ1) is 11.1. The fraction of sp³-hybridized carbons (Fsp3) is 0.588. The maximum atomic E-state index is 12.6. The average molecular weight is 317 g/mol. The van der Waals surface area contributed by atoms with E-state index < -0.39 is 0 Å². The van der Waals surface area contributed by atoms with Gasteiger partial charge in [-0.15, -0.1) is 0 Å². The zero-order valence-corrected chi connectivity index (χ0v) is 13.5. The minimum absolute atomic E-state index is 0.0754. The Morgan fingerprint density at radius 1 is 1.00 bits per heavy atom. The first kappa shape index (κ1) is 15.9. The molecule has 0 saturated carbocycles. The summed E-state index contributed by atoms with van der Waals surface area (Å²) in [6, 6.07) is 5.10. The standard InChI is InChI=1S/C17H23N3O3/c1-13-5-7-19(8-6-13)16(21)14-3-2-4-15(18-14)17(22)20-9-11-23-12-10-20/h2-4,13H,5-12H2,1H3. The number of morpholine rings is 1. The van der Waals surface area contributed by atoms with Crippen molar-refractivity contribution in [1.29, 1.82) is 0 Å². The lowest BCUT2D eigenvalue weighted by Gasteiger charge is -2.30. The zero-order valence-electron chi connectivity index (χ0n) is 13.5. The average Bonchev–Trinajstić information content (AvgIpc) is 2.62. The molecule has 0 radical (unpaired) electrons. The number of amides is 2. The zero-order chi connectivity index (χ0) is 16.2. The number of ether oxygens (including phenoxy) is 1. The van der Waals surface area contributed by atoms with E-state index >= 15 is 0 Å². The molecule has 2 fully saturated rings. The molecule has 2 aliphatic heterocycles. The second kappa shape index (κ2) is 7.08. The third-order valence-corrected chi connectivity index (χ3v) is 4.56. The van der Waals surface area contributed by atoms with E-state index in [-0.39, 0.29) is 11.8 Å². The first-order valence-electron chi connectivity index (χ1n) is 8.28. The van der Waals surface area contributed by atoms with Crippen molar-refractivity contribution < 1.29 is 14.3 Å². The van der Waals surface area contributed by atoms with Crippen molar-refractivity contribution in [2.75, 3.05) is 39.4 Å². The quantitative estimate of drug-likeness (QED) is 0.828. The number of nitrogens with zero attached hydrogens (tertiary/aromatic N) is 3. The Morgan fingerprint density at radius 2 is 1.52 bits per heavy atom. The van der Waals surface area contributed by atoms with Crippen LogP contribution in [0.3, 0.4) is 0 Å². The molecule has 6 heteroatoms. The van der Waals surface area contributed by atoms with Crippen LogP contribution in [0.5, 0.6) is 0 Å². The summed E-state index contributed by atoms with van der Waals surface area (Å²) in [4.78, 5) is 32.9. The van der Waals surface area contributed by atoms with Gasteiger partial charge >= 0.3 is 0 Å². The highest BCUT2D eigenvalue weighted by atomic mass is 16.5. The number of hydrogen-bond donors (Lipinski definition) is 0. The van der Waals surface area contributed by atoms with Crippen LogP contribution in [0, 0.1) is 5.92 Å². The summed E-state index contributed by atoms with van der Waals surface area (Å²) in [5, 5.41) is 0. The van der Waals surface area contributed by atoms with Crippen molar-refractivity contribution >= 4 is 11.8 Å². The molecule has 0 aromatic carbocycles. The Morgan fingerprint density at radius 3 is 2.09 bits per heavy atom. The largest absolute Gasteiger partial charge is 0.378 e. The van der Waals surface area contributed by atoms with Gasteiger partial charge in [-0.2, -0.15) is 0 Å². The summed E-state index contributed by atoms with van der Waals surface area (Å²) in [6.45, 7) is 5.99. The van der Waals surface area contributed by atoms with Crippen molar-refractivity contribution in [3.05, 3.63) is 29.6 Å². The van der Waals surface area contributed by atoms with Gasteiger partial charge in [0.05, 0.1) is 13.2 Å². The van der Waals surface area contributed by atoms with Gasteiger partial charge in [0.25, 0.3) is 11.8 Å². The second-order valence-corrected chi connectivity index (χ2v) is 6.29. The lowest BCUT2D eigenvalue weighted by atomic mass is 9.99. The SMILES string of the molecule is CC1CCN(C(=O)c2cccc(C(=O)N3CCOCC3)n2)CC1. The maximum absolute atomic E-state index is 12.6. The summed E-state index contributed by atoms with van der Waals surface area (Å²) >= 11 is 0. The van der Waals surface area contributed by atoms with E-state index in [0.29, 0.717) is 43.6 Å². The van der Waals surface area contributed by atoms with Crippen molar-refractivity contribution in [1.82, 2.24) is 14.8 Å². The van der Waals surface area contributed by atoms with E-state index in [9.17, 15) is 9.59 Å². The van der Waals surface area contributed by atoms with Crippen LogP contribution in [-0.2, 0) is 4.74 Å². The van der Waals surface area contributed by atoms with Crippen LogP contribution < -0.4 is 0 Å². The predicted molar refractivity (Wildman–Crippen MR) is 85.3 cm³/mol. The third kappa shape index (κ3) is 3.69. The van der Waals surface area contributed by atoms with Gasteiger partial charge < -0.3 is 14.5 Å². The molecule has 2 aliphatic rings. The number of aromatic nitrogens is 1. The van der Waals surface area contributed by atoms with E-state index in [1.807, 2.05) is 4.90 Å². The molecule has 3 rings (SSSR count). The number of hydrogen-bond acceptors (Lipinski definition) is 4. The Balaban J connectivity index is 1.71. The van der Waals surface area contributed by atoms with E-state index in [4.69, 9.17) is 4.74 Å². The molecule has 2 saturated heterocycles. The smallest absolute Gasteiger partial charge is 0.272 e.